The molecule has 2 aromatic rings. The van der Waals surface area contributed by atoms with Gasteiger partial charge in [0.1, 0.15) is 11.1 Å². The largest absolute Gasteiger partial charge is 0.325 e. The number of rotatable bonds is 6. The van der Waals surface area contributed by atoms with Crippen LogP contribution in [0.5, 0.6) is 0 Å². The van der Waals surface area contributed by atoms with E-state index in [0.29, 0.717) is 10.6 Å². The average Bonchev–Trinajstić information content (AvgIpc) is 2.58. The fraction of sp³-hybridized carbons (Fsp3) is 0.350. The van der Waals surface area contributed by atoms with Gasteiger partial charge < -0.3 is 5.32 Å². The van der Waals surface area contributed by atoms with E-state index in [-0.39, 0.29) is 11.2 Å². The molecule has 5 heteroatoms. The van der Waals surface area contributed by atoms with Gasteiger partial charge in [0.2, 0.25) is 5.91 Å². The Kier molecular flexibility index (Phi) is 6.60. The van der Waals surface area contributed by atoms with E-state index < -0.39 is 0 Å². The van der Waals surface area contributed by atoms with Gasteiger partial charge in [-0.2, -0.15) is 5.26 Å². The third kappa shape index (κ3) is 5.07. The zero-order valence-electron chi connectivity index (χ0n) is 15.1. The molecule has 0 saturated carbocycles. The zero-order valence-corrected chi connectivity index (χ0v) is 15.9. The lowest BCUT2D eigenvalue weighted by Crippen LogP contribution is -2.23. The number of anilines is 1. The molecular weight excluding hydrogens is 330 g/mol. The Morgan fingerprint density at radius 1 is 1.32 bits per heavy atom. The smallest absolute Gasteiger partial charge is 0.237 e. The second-order valence-electron chi connectivity index (χ2n) is 6.08. The van der Waals surface area contributed by atoms with Crippen LogP contribution in [-0.4, -0.2) is 16.1 Å². The maximum atomic E-state index is 12.5. The minimum absolute atomic E-state index is 0.0923. The van der Waals surface area contributed by atoms with Crippen molar-refractivity contribution in [1.29, 1.82) is 5.26 Å². The molecule has 0 fully saturated rings. The fourth-order valence-corrected chi connectivity index (χ4v) is 3.29. The van der Waals surface area contributed by atoms with E-state index in [4.69, 9.17) is 0 Å². The molecular formula is C20H23N3OS. The first-order valence-corrected chi connectivity index (χ1v) is 9.27. The predicted octanol–water partition coefficient (Wildman–Crippen LogP) is 4.64. The van der Waals surface area contributed by atoms with Crippen molar-refractivity contribution in [3.63, 3.8) is 0 Å². The summed E-state index contributed by atoms with van der Waals surface area (Å²) in [5, 5.41) is 12.5. The van der Waals surface area contributed by atoms with Crippen molar-refractivity contribution in [2.75, 3.05) is 5.32 Å². The first kappa shape index (κ1) is 19.0. The van der Waals surface area contributed by atoms with Gasteiger partial charge in [0, 0.05) is 11.4 Å². The van der Waals surface area contributed by atoms with Crippen LogP contribution in [0.15, 0.2) is 35.4 Å². The van der Waals surface area contributed by atoms with Crippen LogP contribution in [0, 0.1) is 25.2 Å². The molecule has 0 aliphatic heterocycles. The lowest BCUT2D eigenvalue weighted by Gasteiger charge is -2.14. The summed E-state index contributed by atoms with van der Waals surface area (Å²) in [6, 6.07) is 11.8. The Morgan fingerprint density at radius 3 is 2.76 bits per heavy atom. The maximum absolute atomic E-state index is 12.5. The lowest BCUT2D eigenvalue weighted by atomic mass is 10.1. The van der Waals surface area contributed by atoms with E-state index in [1.165, 1.54) is 11.8 Å². The predicted molar refractivity (Wildman–Crippen MR) is 103 cm³/mol. The summed E-state index contributed by atoms with van der Waals surface area (Å²) in [5.74, 6) is -0.0923. The number of thioether (sulfide) groups is 1. The molecule has 0 bridgehead atoms. The number of amides is 1. The third-order valence-electron chi connectivity index (χ3n) is 3.85. The molecule has 1 heterocycles. The Hall–Kier alpha value is -2.32. The number of aromatic nitrogens is 1. The van der Waals surface area contributed by atoms with Crippen LogP contribution in [0.4, 0.5) is 5.69 Å². The van der Waals surface area contributed by atoms with Gasteiger partial charge in [-0.15, -0.1) is 0 Å². The molecule has 0 spiro atoms. The van der Waals surface area contributed by atoms with E-state index in [1.54, 1.807) is 6.07 Å². The van der Waals surface area contributed by atoms with Crippen molar-refractivity contribution < 1.29 is 4.79 Å². The minimum Gasteiger partial charge on any atom is -0.325 e. The number of aryl methyl sites for hydroxylation is 3. The van der Waals surface area contributed by atoms with Crippen molar-refractivity contribution in [2.45, 2.75) is 50.8 Å². The first-order chi connectivity index (χ1) is 11.9. The second kappa shape index (κ2) is 8.68. The summed E-state index contributed by atoms with van der Waals surface area (Å²) in [5.41, 5.74) is 4.41. The minimum atomic E-state index is -0.351. The third-order valence-corrected chi connectivity index (χ3v) is 4.96. The molecule has 0 aliphatic rings. The number of hydrogen-bond donors (Lipinski definition) is 1. The van der Waals surface area contributed by atoms with Gasteiger partial charge >= 0.3 is 0 Å². The van der Waals surface area contributed by atoms with Gasteiger partial charge in [-0.1, -0.05) is 37.2 Å². The summed E-state index contributed by atoms with van der Waals surface area (Å²) < 4.78 is 0. The number of nitrogens with zero attached hydrogens (tertiary/aromatic N) is 2. The standard InChI is InChI=1S/C20H23N3OS/c1-5-6-17-10-9-16(12-21)20(22-17)25-15(4)19(24)23-18-11-13(2)7-8-14(18)3/h7-11,15H,5-6H2,1-4H3,(H,23,24). The summed E-state index contributed by atoms with van der Waals surface area (Å²) in [7, 11) is 0. The van der Waals surface area contributed by atoms with E-state index in [9.17, 15) is 10.1 Å². The van der Waals surface area contributed by atoms with Gasteiger partial charge in [0.25, 0.3) is 0 Å². The van der Waals surface area contributed by atoms with Crippen LogP contribution in [0.25, 0.3) is 0 Å². The lowest BCUT2D eigenvalue weighted by molar-refractivity contribution is -0.115. The van der Waals surface area contributed by atoms with Crippen molar-refractivity contribution in [3.05, 3.63) is 52.7 Å². The molecule has 1 amide bonds. The van der Waals surface area contributed by atoms with Crippen molar-refractivity contribution in [1.82, 2.24) is 4.98 Å². The quantitative estimate of drug-likeness (QED) is 0.768. The number of carbonyl (C=O) groups excluding carboxylic acids is 1. The Morgan fingerprint density at radius 2 is 2.08 bits per heavy atom. The van der Waals surface area contributed by atoms with Gasteiger partial charge in [-0.3, -0.25) is 4.79 Å². The zero-order chi connectivity index (χ0) is 18.4. The molecule has 2 rings (SSSR count). The number of benzene rings is 1. The van der Waals surface area contributed by atoms with Crippen LogP contribution in [0.2, 0.25) is 0 Å². The molecule has 0 radical (unpaired) electrons. The molecule has 1 unspecified atom stereocenters. The Bertz CT molecular complexity index is 811. The van der Waals surface area contributed by atoms with Crippen LogP contribution in [-0.2, 0) is 11.2 Å². The van der Waals surface area contributed by atoms with Crippen molar-refractivity contribution in [3.8, 4) is 6.07 Å². The van der Waals surface area contributed by atoms with Crippen LogP contribution >= 0.6 is 11.8 Å². The Labute approximate surface area is 153 Å². The summed E-state index contributed by atoms with van der Waals surface area (Å²) in [4.78, 5) is 17.1. The molecule has 1 atom stereocenters. The van der Waals surface area contributed by atoms with E-state index in [0.717, 1.165) is 35.3 Å². The van der Waals surface area contributed by atoms with Crippen molar-refractivity contribution in [2.24, 2.45) is 0 Å². The van der Waals surface area contributed by atoms with E-state index in [2.05, 4.69) is 23.3 Å². The molecule has 1 aromatic heterocycles. The molecule has 0 saturated heterocycles. The van der Waals surface area contributed by atoms with Crippen LogP contribution in [0.1, 0.15) is 42.7 Å². The molecule has 0 aliphatic carbocycles. The normalized spacial score (nSPS) is 11.6. The highest BCUT2D eigenvalue weighted by Crippen LogP contribution is 2.27. The average molecular weight is 353 g/mol. The SMILES string of the molecule is CCCc1ccc(C#N)c(SC(C)C(=O)Nc2cc(C)ccc2C)n1. The monoisotopic (exact) mass is 353 g/mol. The highest BCUT2D eigenvalue weighted by Gasteiger charge is 2.18. The summed E-state index contributed by atoms with van der Waals surface area (Å²) >= 11 is 1.33. The number of hydrogen-bond acceptors (Lipinski definition) is 4. The van der Waals surface area contributed by atoms with Gasteiger partial charge in [0.05, 0.1) is 10.8 Å². The topological polar surface area (TPSA) is 65.8 Å². The summed E-state index contributed by atoms with van der Waals surface area (Å²) in [6.45, 7) is 7.89. The number of nitriles is 1. The first-order valence-electron chi connectivity index (χ1n) is 8.39. The highest BCUT2D eigenvalue weighted by atomic mass is 32.2. The van der Waals surface area contributed by atoms with E-state index in [1.807, 2.05) is 45.0 Å². The molecule has 25 heavy (non-hydrogen) atoms. The van der Waals surface area contributed by atoms with E-state index >= 15 is 0 Å². The second-order valence-corrected chi connectivity index (χ2v) is 7.41. The molecule has 130 valence electrons. The number of carbonyl (C=O) groups is 1. The summed E-state index contributed by atoms with van der Waals surface area (Å²) in [6.07, 6.45) is 1.86. The number of nitrogens with one attached hydrogen (secondary N) is 1. The number of pyridine rings is 1. The molecule has 1 aromatic carbocycles. The molecule has 4 nitrogen and oxygen atoms in total. The maximum Gasteiger partial charge on any atom is 0.237 e. The molecule has 1 N–H and O–H groups in total. The van der Waals surface area contributed by atoms with Gasteiger partial charge in [-0.25, -0.2) is 4.98 Å². The fourth-order valence-electron chi connectivity index (χ4n) is 2.37. The highest BCUT2D eigenvalue weighted by molar-refractivity contribution is 8.00. The van der Waals surface area contributed by atoms with Crippen LogP contribution in [0.3, 0.4) is 0 Å². The van der Waals surface area contributed by atoms with Gasteiger partial charge in [-0.05, 0) is 56.5 Å². The van der Waals surface area contributed by atoms with Gasteiger partial charge in [0.15, 0.2) is 0 Å². The van der Waals surface area contributed by atoms with Crippen LogP contribution < -0.4 is 5.32 Å². The Balaban J connectivity index is 2.14. The van der Waals surface area contributed by atoms with Crippen molar-refractivity contribution >= 4 is 23.4 Å².